The maximum absolute atomic E-state index is 11.4. The van der Waals surface area contributed by atoms with E-state index in [4.69, 9.17) is 5.73 Å². The molecule has 2 amide bonds. The third-order valence-corrected chi connectivity index (χ3v) is 2.28. The van der Waals surface area contributed by atoms with Gasteiger partial charge in [-0.25, -0.2) is 0 Å². The number of carbonyl (C=O) groups excluding carboxylic acids is 2. The Morgan fingerprint density at radius 1 is 1.43 bits per heavy atom. The van der Waals surface area contributed by atoms with Gasteiger partial charge >= 0.3 is 0 Å². The molecule has 1 saturated heterocycles. The van der Waals surface area contributed by atoms with Gasteiger partial charge in [-0.15, -0.1) is 0 Å². The Labute approximate surface area is 82.3 Å². The van der Waals surface area contributed by atoms with Crippen molar-refractivity contribution in [3.63, 3.8) is 0 Å². The summed E-state index contributed by atoms with van der Waals surface area (Å²) < 4.78 is 0. The first-order valence-corrected chi connectivity index (χ1v) is 4.55. The molecular weight excluding hydrogens is 186 g/mol. The Balaban J connectivity index is 2.41. The Hall–Kier alpha value is -1.14. The van der Waals surface area contributed by atoms with Crippen LogP contribution in [0.2, 0.25) is 0 Å². The SMILES string of the molecule is NCC(O)C(=O)N1CCN(C=O)CC1. The first kappa shape index (κ1) is 10.9. The molecule has 1 rings (SSSR count). The van der Waals surface area contributed by atoms with Crippen LogP contribution >= 0.6 is 0 Å². The maximum atomic E-state index is 11.4. The van der Waals surface area contributed by atoms with E-state index in [2.05, 4.69) is 0 Å². The van der Waals surface area contributed by atoms with E-state index in [0.29, 0.717) is 26.2 Å². The van der Waals surface area contributed by atoms with Crippen LogP contribution in [-0.4, -0.2) is 66.1 Å². The molecule has 1 fully saturated rings. The van der Waals surface area contributed by atoms with Crippen molar-refractivity contribution < 1.29 is 14.7 Å². The van der Waals surface area contributed by atoms with E-state index in [-0.39, 0.29) is 12.5 Å². The molecule has 1 atom stereocenters. The highest BCUT2D eigenvalue weighted by molar-refractivity contribution is 5.81. The molecule has 0 aliphatic carbocycles. The standard InChI is InChI=1S/C8H15N3O3/c9-5-7(13)8(14)11-3-1-10(6-12)2-4-11/h6-7,13H,1-5,9H2. The fourth-order valence-electron chi connectivity index (χ4n) is 1.36. The van der Waals surface area contributed by atoms with Gasteiger partial charge in [-0.2, -0.15) is 0 Å². The van der Waals surface area contributed by atoms with Gasteiger partial charge in [0.05, 0.1) is 0 Å². The minimum Gasteiger partial charge on any atom is -0.382 e. The van der Waals surface area contributed by atoms with Gasteiger partial charge in [0.25, 0.3) is 5.91 Å². The van der Waals surface area contributed by atoms with Crippen LogP contribution in [0.3, 0.4) is 0 Å². The van der Waals surface area contributed by atoms with Gasteiger partial charge in [0.15, 0.2) is 0 Å². The van der Waals surface area contributed by atoms with Crippen LogP contribution < -0.4 is 5.73 Å². The van der Waals surface area contributed by atoms with Crippen molar-refractivity contribution in [3.8, 4) is 0 Å². The largest absolute Gasteiger partial charge is 0.382 e. The minimum atomic E-state index is -1.11. The molecule has 0 bridgehead atoms. The molecule has 14 heavy (non-hydrogen) atoms. The number of amides is 2. The topological polar surface area (TPSA) is 86.9 Å². The zero-order chi connectivity index (χ0) is 10.6. The number of piperazine rings is 1. The van der Waals surface area contributed by atoms with Gasteiger partial charge < -0.3 is 20.6 Å². The van der Waals surface area contributed by atoms with E-state index < -0.39 is 6.10 Å². The summed E-state index contributed by atoms with van der Waals surface area (Å²) in [6, 6.07) is 0. The maximum Gasteiger partial charge on any atom is 0.252 e. The van der Waals surface area contributed by atoms with Crippen LogP contribution in [0.15, 0.2) is 0 Å². The highest BCUT2D eigenvalue weighted by atomic mass is 16.3. The van der Waals surface area contributed by atoms with Gasteiger partial charge in [-0.3, -0.25) is 9.59 Å². The first-order chi connectivity index (χ1) is 6.69. The van der Waals surface area contributed by atoms with Crippen LogP contribution in [0, 0.1) is 0 Å². The third kappa shape index (κ3) is 2.43. The van der Waals surface area contributed by atoms with Crippen LogP contribution in [0.5, 0.6) is 0 Å². The fraction of sp³-hybridized carbons (Fsp3) is 0.750. The summed E-state index contributed by atoms with van der Waals surface area (Å²) in [6.07, 6.45) is -0.348. The molecule has 3 N–H and O–H groups in total. The lowest BCUT2D eigenvalue weighted by molar-refractivity contribution is -0.142. The first-order valence-electron chi connectivity index (χ1n) is 4.55. The number of nitrogens with zero attached hydrogens (tertiary/aromatic N) is 2. The Morgan fingerprint density at radius 3 is 2.43 bits per heavy atom. The van der Waals surface area contributed by atoms with E-state index in [1.54, 1.807) is 4.90 Å². The second kappa shape index (κ2) is 4.92. The fourth-order valence-corrected chi connectivity index (χ4v) is 1.36. The molecule has 0 aromatic heterocycles. The highest BCUT2D eigenvalue weighted by Crippen LogP contribution is 2.01. The number of aliphatic hydroxyl groups excluding tert-OH is 1. The summed E-state index contributed by atoms with van der Waals surface area (Å²) in [4.78, 5) is 24.9. The lowest BCUT2D eigenvalue weighted by Gasteiger charge is -2.33. The Morgan fingerprint density at radius 2 is 2.00 bits per heavy atom. The molecule has 0 spiro atoms. The number of hydrogen-bond acceptors (Lipinski definition) is 4. The van der Waals surface area contributed by atoms with Crippen LogP contribution in [0.4, 0.5) is 0 Å². The van der Waals surface area contributed by atoms with Crippen molar-refractivity contribution in [2.24, 2.45) is 5.73 Å². The molecule has 1 aliphatic rings. The summed E-state index contributed by atoms with van der Waals surface area (Å²) in [5.41, 5.74) is 5.17. The summed E-state index contributed by atoms with van der Waals surface area (Å²) >= 11 is 0. The molecular formula is C8H15N3O3. The van der Waals surface area contributed by atoms with Crippen molar-refractivity contribution in [3.05, 3.63) is 0 Å². The molecule has 1 unspecified atom stereocenters. The lowest BCUT2D eigenvalue weighted by Crippen LogP contribution is -2.52. The van der Waals surface area contributed by atoms with Crippen molar-refractivity contribution in [1.29, 1.82) is 0 Å². The molecule has 0 aromatic rings. The summed E-state index contributed by atoms with van der Waals surface area (Å²) in [5.74, 6) is -0.349. The van der Waals surface area contributed by atoms with Gasteiger partial charge in [0.1, 0.15) is 6.10 Å². The van der Waals surface area contributed by atoms with Gasteiger partial charge in [0, 0.05) is 32.7 Å². The average molecular weight is 201 g/mol. The third-order valence-electron chi connectivity index (χ3n) is 2.28. The molecule has 6 nitrogen and oxygen atoms in total. The van der Waals surface area contributed by atoms with Crippen LogP contribution in [0.1, 0.15) is 0 Å². The predicted molar refractivity (Wildman–Crippen MR) is 49.3 cm³/mol. The van der Waals surface area contributed by atoms with Gasteiger partial charge in [0.2, 0.25) is 6.41 Å². The van der Waals surface area contributed by atoms with E-state index in [1.165, 1.54) is 4.90 Å². The summed E-state index contributed by atoms with van der Waals surface area (Å²) in [6.45, 7) is 1.91. The van der Waals surface area contributed by atoms with Crippen molar-refractivity contribution in [2.45, 2.75) is 6.10 Å². The quantitative estimate of drug-likeness (QED) is 0.499. The average Bonchev–Trinajstić information content (AvgIpc) is 2.27. The summed E-state index contributed by atoms with van der Waals surface area (Å²) in [5, 5.41) is 9.20. The molecule has 80 valence electrons. The number of carbonyl (C=O) groups is 2. The number of aliphatic hydroxyl groups is 1. The van der Waals surface area contributed by atoms with Crippen LogP contribution in [-0.2, 0) is 9.59 Å². The summed E-state index contributed by atoms with van der Waals surface area (Å²) in [7, 11) is 0. The molecule has 0 saturated carbocycles. The number of rotatable bonds is 3. The monoisotopic (exact) mass is 201 g/mol. The molecule has 1 heterocycles. The highest BCUT2D eigenvalue weighted by Gasteiger charge is 2.24. The smallest absolute Gasteiger partial charge is 0.252 e. The Bertz CT molecular complexity index is 214. The zero-order valence-corrected chi connectivity index (χ0v) is 7.93. The zero-order valence-electron chi connectivity index (χ0n) is 7.93. The molecule has 6 heteroatoms. The number of hydrogen-bond donors (Lipinski definition) is 2. The molecule has 1 aliphatic heterocycles. The molecule has 0 radical (unpaired) electrons. The van der Waals surface area contributed by atoms with Crippen molar-refractivity contribution >= 4 is 12.3 Å². The van der Waals surface area contributed by atoms with Gasteiger partial charge in [-0.1, -0.05) is 0 Å². The van der Waals surface area contributed by atoms with Gasteiger partial charge in [-0.05, 0) is 0 Å². The lowest BCUT2D eigenvalue weighted by atomic mass is 10.2. The molecule has 0 aromatic carbocycles. The second-order valence-electron chi connectivity index (χ2n) is 3.22. The van der Waals surface area contributed by atoms with Crippen LogP contribution in [0.25, 0.3) is 0 Å². The number of nitrogens with two attached hydrogens (primary N) is 1. The van der Waals surface area contributed by atoms with E-state index >= 15 is 0 Å². The predicted octanol–water partition coefficient (Wildman–Crippen LogP) is -2.39. The van der Waals surface area contributed by atoms with E-state index in [1.807, 2.05) is 0 Å². The van der Waals surface area contributed by atoms with E-state index in [9.17, 15) is 14.7 Å². The normalized spacial score (nSPS) is 19.3. The minimum absolute atomic E-state index is 0.0628. The van der Waals surface area contributed by atoms with Crippen molar-refractivity contribution in [1.82, 2.24) is 9.80 Å². The van der Waals surface area contributed by atoms with E-state index in [0.717, 1.165) is 6.41 Å². The Kier molecular flexibility index (Phi) is 3.84. The van der Waals surface area contributed by atoms with Crippen molar-refractivity contribution in [2.75, 3.05) is 32.7 Å². The second-order valence-corrected chi connectivity index (χ2v) is 3.22.